The Balaban J connectivity index is 0.000000121. The fraction of sp³-hybridized carbons (Fsp3) is 0.0270. The fourth-order valence-corrected chi connectivity index (χ4v) is 13.9. The van der Waals surface area contributed by atoms with E-state index in [1.807, 2.05) is 72.8 Å². The summed E-state index contributed by atoms with van der Waals surface area (Å²) in [5, 5.41) is 3.58. The summed E-state index contributed by atoms with van der Waals surface area (Å²) in [7, 11) is 0. The van der Waals surface area contributed by atoms with Crippen LogP contribution < -0.4 is 11.1 Å². The molecule has 12 aromatic carbocycles. The highest BCUT2D eigenvalue weighted by Crippen LogP contribution is 2.65. The Morgan fingerprint density at radius 2 is 0.658 bits per heavy atom. The van der Waals surface area contributed by atoms with Crippen molar-refractivity contribution in [1.82, 2.24) is 0 Å². The largest absolute Gasteiger partial charge is 0.399 e. The average Bonchev–Trinajstić information content (AvgIpc) is 2.44. The summed E-state index contributed by atoms with van der Waals surface area (Å²) in [6, 6.07) is 95.3. The number of rotatable bonds is 4. The van der Waals surface area contributed by atoms with Crippen LogP contribution >= 0.6 is 15.9 Å². The molecule has 0 radical (unpaired) electrons. The van der Waals surface area contributed by atoms with E-state index in [0.29, 0.717) is 16.8 Å². The lowest BCUT2D eigenvalue weighted by Crippen LogP contribution is -2.25. The lowest BCUT2D eigenvalue weighted by Gasteiger charge is -2.30. The minimum atomic E-state index is -0.390. The molecule has 0 saturated carbocycles. The van der Waals surface area contributed by atoms with Crippen LogP contribution in [0.3, 0.4) is 0 Å². The molecule has 376 valence electrons. The Hall–Kier alpha value is -9.42. The van der Waals surface area contributed by atoms with E-state index in [0.717, 1.165) is 22.5 Å². The third-order valence-corrected chi connectivity index (χ3v) is 17.1. The summed E-state index contributed by atoms with van der Waals surface area (Å²) in [6.45, 7) is 0. The first-order valence-corrected chi connectivity index (χ1v) is 27.4. The van der Waals surface area contributed by atoms with Crippen molar-refractivity contribution >= 4 is 33.0 Å². The van der Waals surface area contributed by atoms with Gasteiger partial charge in [0.2, 0.25) is 0 Å². The van der Waals surface area contributed by atoms with Crippen LogP contribution in [-0.2, 0) is 10.8 Å². The van der Waals surface area contributed by atoms with Crippen LogP contribution in [0.5, 0.6) is 0 Å². The average molecular weight is 1080 g/mol. The zero-order chi connectivity index (χ0) is 53.2. The van der Waals surface area contributed by atoms with Crippen molar-refractivity contribution < 1.29 is 8.78 Å². The number of nitrogens with one attached hydrogen (secondary N) is 1. The molecule has 79 heavy (non-hydrogen) atoms. The molecular weight excluding hydrogens is 1030 g/mol. The van der Waals surface area contributed by atoms with Crippen LogP contribution in [0.15, 0.2) is 284 Å². The standard InChI is InChI=1S/C37H24FN.C25H15Br.C12H10FN/c38-34-23-25(21-22-26(34)24-11-2-1-3-12-24)39-35-20-10-19-33-36(35)29-15-6-9-18-32(29)37(33)30-16-7-4-13-27(30)28-14-5-8-17-31(28)37;26-23-15-7-14-22-24(23)18-10-3-6-13-21(18)25(22)19-11-4-1-8-16(19)17-9-2-5-12-20(17)25;13-12-8-10(14)6-7-11(12)9-4-2-1-3-5-9/h1-23,39H;1-15H;1-8H,14H2. The maximum absolute atomic E-state index is 15.3. The van der Waals surface area contributed by atoms with Gasteiger partial charge in [-0.2, -0.15) is 0 Å². The van der Waals surface area contributed by atoms with Crippen LogP contribution in [0.2, 0.25) is 0 Å². The number of benzene rings is 12. The molecule has 0 aromatic heterocycles. The third kappa shape index (κ3) is 7.41. The second-order valence-corrected chi connectivity index (χ2v) is 21.3. The zero-order valence-electron chi connectivity index (χ0n) is 42.8. The molecule has 0 bridgehead atoms. The van der Waals surface area contributed by atoms with Gasteiger partial charge in [-0.3, -0.25) is 0 Å². The molecule has 0 saturated heterocycles. The molecule has 0 aliphatic heterocycles. The van der Waals surface area contributed by atoms with E-state index in [-0.39, 0.29) is 22.5 Å². The summed E-state index contributed by atoms with van der Waals surface area (Å²) in [4.78, 5) is 0. The predicted octanol–water partition coefficient (Wildman–Crippen LogP) is 19.4. The lowest BCUT2D eigenvalue weighted by atomic mass is 9.70. The van der Waals surface area contributed by atoms with E-state index in [1.54, 1.807) is 18.2 Å². The third-order valence-electron chi connectivity index (χ3n) is 16.4. The minimum absolute atomic E-state index is 0.219. The van der Waals surface area contributed by atoms with Crippen molar-refractivity contribution in [3.8, 4) is 66.8 Å². The fourth-order valence-electron chi connectivity index (χ4n) is 13.3. The summed E-state index contributed by atoms with van der Waals surface area (Å²) in [6.07, 6.45) is 0. The SMILES string of the molecule is Brc1cccc2c1-c1ccccc1C21c2ccccc2-c2ccccc21.Fc1cc(Nc2cccc3c2-c2ccccc2C32c3ccccc3-c3ccccc32)ccc1-c1ccccc1.Nc1ccc(-c2ccccc2)c(F)c1. The van der Waals surface area contributed by atoms with Crippen molar-refractivity contribution in [2.75, 3.05) is 11.1 Å². The number of nitrogens with two attached hydrogens (primary N) is 1. The lowest BCUT2D eigenvalue weighted by molar-refractivity contribution is 0.631. The molecule has 5 heteroatoms. The van der Waals surface area contributed by atoms with Gasteiger partial charge in [0.05, 0.1) is 10.8 Å². The number of halogens is 3. The zero-order valence-corrected chi connectivity index (χ0v) is 44.4. The Kier molecular flexibility index (Phi) is 11.7. The molecule has 0 heterocycles. The van der Waals surface area contributed by atoms with E-state index in [4.69, 9.17) is 5.73 Å². The molecule has 0 amide bonds. The van der Waals surface area contributed by atoms with Gasteiger partial charge >= 0.3 is 0 Å². The van der Waals surface area contributed by atoms with Gasteiger partial charge in [-0.05, 0) is 138 Å². The van der Waals surface area contributed by atoms with Crippen LogP contribution in [0.1, 0.15) is 44.5 Å². The van der Waals surface area contributed by atoms with E-state index >= 15 is 4.39 Å². The minimum Gasteiger partial charge on any atom is -0.399 e. The van der Waals surface area contributed by atoms with Crippen molar-refractivity contribution in [2.45, 2.75) is 10.8 Å². The van der Waals surface area contributed by atoms with Gasteiger partial charge in [-0.15, -0.1) is 0 Å². The molecule has 4 aliphatic carbocycles. The monoisotopic (exact) mass is 1080 g/mol. The van der Waals surface area contributed by atoms with Crippen molar-refractivity contribution in [1.29, 1.82) is 0 Å². The second-order valence-electron chi connectivity index (χ2n) is 20.5. The highest BCUT2D eigenvalue weighted by Gasteiger charge is 2.53. The van der Waals surface area contributed by atoms with Crippen molar-refractivity contribution in [3.05, 3.63) is 340 Å². The first kappa shape index (κ1) is 48.0. The van der Waals surface area contributed by atoms with E-state index in [2.05, 4.69) is 203 Å². The van der Waals surface area contributed by atoms with E-state index < -0.39 is 0 Å². The normalized spacial score (nSPS) is 13.3. The Labute approximate surface area is 467 Å². The maximum atomic E-state index is 15.3. The maximum Gasteiger partial charge on any atom is 0.133 e. The highest BCUT2D eigenvalue weighted by molar-refractivity contribution is 9.10. The molecule has 0 unspecified atom stereocenters. The van der Waals surface area contributed by atoms with Gasteiger partial charge in [0.1, 0.15) is 11.6 Å². The summed E-state index contributed by atoms with van der Waals surface area (Å²) in [5.41, 5.74) is 31.0. The Morgan fingerprint density at radius 3 is 1.11 bits per heavy atom. The van der Waals surface area contributed by atoms with Crippen LogP contribution in [0, 0.1) is 11.6 Å². The van der Waals surface area contributed by atoms with Gasteiger partial charge in [0.25, 0.3) is 0 Å². The number of hydrogen-bond donors (Lipinski definition) is 2. The van der Waals surface area contributed by atoms with Gasteiger partial charge in [0, 0.05) is 43.8 Å². The van der Waals surface area contributed by atoms with Gasteiger partial charge in [-0.1, -0.05) is 246 Å². The topological polar surface area (TPSA) is 38.0 Å². The molecule has 12 aromatic rings. The molecular formula is C74H49BrF2N2. The van der Waals surface area contributed by atoms with Crippen LogP contribution in [-0.4, -0.2) is 0 Å². The number of fused-ring (bicyclic) bond motifs is 20. The predicted molar refractivity (Wildman–Crippen MR) is 325 cm³/mol. The first-order valence-electron chi connectivity index (χ1n) is 26.6. The quantitative estimate of drug-likeness (QED) is 0.172. The van der Waals surface area contributed by atoms with Crippen LogP contribution in [0.4, 0.5) is 25.8 Å². The number of anilines is 3. The van der Waals surface area contributed by atoms with Gasteiger partial charge in [0.15, 0.2) is 0 Å². The summed E-state index contributed by atoms with van der Waals surface area (Å²) < 4.78 is 29.9. The van der Waals surface area contributed by atoms with Crippen molar-refractivity contribution in [2.24, 2.45) is 0 Å². The Morgan fingerprint density at radius 1 is 0.304 bits per heavy atom. The molecule has 2 spiro atoms. The smallest absolute Gasteiger partial charge is 0.133 e. The molecule has 0 fully saturated rings. The summed E-state index contributed by atoms with van der Waals surface area (Å²) >= 11 is 3.83. The van der Waals surface area contributed by atoms with Crippen molar-refractivity contribution in [3.63, 3.8) is 0 Å². The first-order chi connectivity index (χ1) is 38.9. The number of nitrogen functional groups attached to an aromatic ring is 1. The van der Waals surface area contributed by atoms with E-state index in [1.165, 1.54) is 99.6 Å². The van der Waals surface area contributed by atoms with Gasteiger partial charge in [-0.25, -0.2) is 8.78 Å². The van der Waals surface area contributed by atoms with E-state index in [9.17, 15) is 4.39 Å². The second kappa shape index (κ2) is 19.2. The Bertz CT molecular complexity index is 4270. The number of hydrogen-bond acceptors (Lipinski definition) is 2. The highest BCUT2D eigenvalue weighted by atomic mass is 79.9. The molecule has 4 aliphatic rings. The molecule has 0 atom stereocenters. The molecule has 16 rings (SSSR count). The summed E-state index contributed by atoms with van der Waals surface area (Å²) in [5.74, 6) is -0.523. The molecule has 3 N–H and O–H groups in total. The molecule has 2 nitrogen and oxygen atoms in total. The van der Waals surface area contributed by atoms with Gasteiger partial charge < -0.3 is 11.1 Å². The van der Waals surface area contributed by atoms with Crippen LogP contribution in [0.25, 0.3) is 66.8 Å².